The summed E-state index contributed by atoms with van der Waals surface area (Å²) in [5.41, 5.74) is 5.54. The molecule has 1 aromatic rings. The van der Waals surface area contributed by atoms with Crippen LogP contribution >= 0.6 is 0 Å². The molecule has 6 heteroatoms. The van der Waals surface area contributed by atoms with Crippen molar-refractivity contribution < 1.29 is 17.6 Å². The molecule has 2 atom stereocenters. The molecular formula is C11H17F3N2O. The van der Waals surface area contributed by atoms with Gasteiger partial charge in [0, 0.05) is 6.04 Å². The zero-order valence-corrected chi connectivity index (χ0v) is 9.87. The fourth-order valence-corrected chi connectivity index (χ4v) is 1.79. The lowest BCUT2D eigenvalue weighted by atomic mass is 10.0. The van der Waals surface area contributed by atoms with Crippen LogP contribution < -0.4 is 5.73 Å². The molecule has 0 radical (unpaired) electrons. The van der Waals surface area contributed by atoms with Crippen LogP contribution in [0.3, 0.4) is 0 Å². The molecule has 17 heavy (non-hydrogen) atoms. The Hall–Kier alpha value is -1.01. The predicted molar refractivity (Wildman–Crippen MR) is 58.3 cm³/mol. The van der Waals surface area contributed by atoms with Crippen LogP contribution in [0.2, 0.25) is 0 Å². The topological polar surface area (TPSA) is 42.4 Å². The summed E-state index contributed by atoms with van der Waals surface area (Å²) in [5, 5.41) is 0. The van der Waals surface area contributed by atoms with Gasteiger partial charge in [0.1, 0.15) is 11.8 Å². The van der Waals surface area contributed by atoms with Gasteiger partial charge in [-0.3, -0.25) is 4.90 Å². The maximum Gasteiger partial charge on any atom is 0.405 e. The molecule has 0 fully saturated rings. The third kappa shape index (κ3) is 3.74. The first-order valence-corrected chi connectivity index (χ1v) is 5.41. The molecule has 0 bridgehead atoms. The fraction of sp³-hybridized carbons (Fsp3) is 0.636. The van der Waals surface area contributed by atoms with Gasteiger partial charge in [0.05, 0.1) is 12.8 Å². The minimum Gasteiger partial charge on any atom is -0.468 e. The number of rotatable bonds is 5. The van der Waals surface area contributed by atoms with Gasteiger partial charge in [-0.1, -0.05) is 6.92 Å². The van der Waals surface area contributed by atoms with E-state index in [1.165, 1.54) is 18.2 Å². The van der Waals surface area contributed by atoms with Gasteiger partial charge in [0.15, 0.2) is 0 Å². The van der Waals surface area contributed by atoms with Gasteiger partial charge in [0.2, 0.25) is 0 Å². The largest absolute Gasteiger partial charge is 0.468 e. The summed E-state index contributed by atoms with van der Waals surface area (Å²) in [4.78, 5) is 1.17. The predicted octanol–water partition coefficient (Wildman–Crippen LogP) is 2.38. The molecule has 98 valence electrons. The number of furan rings is 1. The molecule has 0 aliphatic rings. The molecule has 0 aliphatic heterocycles. The highest BCUT2D eigenvalue weighted by atomic mass is 19.4. The average Bonchev–Trinajstić information content (AvgIpc) is 2.67. The van der Waals surface area contributed by atoms with E-state index in [0.717, 1.165) is 0 Å². The Bertz CT molecular complexity index is 324. The summed E-state index contributed by atoms with van der Waals surface area (Å²) in [6.07, 6.45) is -2.63. The van der Waals surface area contributed by atoms with Crippen molar-refractivity contribution in [1.82, 2.24) is 4.90 Å². The molecule has 0 spiro atoms. The number of nitrogens with two attached hydrogens (primary N) is 1. The van der Waals surface area contributed by atoms with E-state index in [4.69, 9.17) is 10.2 Å². The summed E-state index contributed by atoms with van der Waals surface area (Å²) in [5.74, 6) is 0.491. The SMILES string of the molecule is CCC(N)C(N(C)Cc1ccco1)C(F)(F)F. The number of halogens is 3. The second-order valence-corrected chi connectivity index (χ2v) is 4.05. The molecule has 0 aliphatic carbocycles. The third-order valence-corrected chi connectivity index (χ3v) is 2.67. The lowest BCUT2D eigenvalue weighted by Gasteiger charge is -2.33. The van der Waals surface area contributed by atoms with Crippen LogP contribution in [-0.2, 0) is 6.54 Å². The summed E-state index contributed by atoms with van der Waals surface area (Å²) < 4.78 is 43.7. The Morgan fingerprint density at radius 2 is 2.12 bits per heavy atom. The quantitative estimate of drug-likeness (QED) is 0.872. The maximum absolute atomic E-state index is 12.9. The second-order valence-electron chi connectivity index (χ2n) is 4.05. The average molecular weight is 250 g/mol. The Balaban J connectivity index is 2.76. The molecule has 1 heterocycles. The van der Waals surface area contributed by atoms with Crippen molar-refractivity contribution in [1.29, 1.82) is 0 Å². The Morgan fingerprint density at radius 3 is 2.53 bits per heavy atom. The summed E-state index contributed by atoms with van der Waals surface area (Å²) >= 11 is 0. The zero-order chi connectivity index (χ0) is 13.1. The number of likely N-dealkylation sites (N-methyl/N-ethyl adjacent to an activating group) is 1. The highest BCUT2D eigenvalue weighted by molar-refractivity contribution is 4.99. The highest BCUT2D eigenvalue weighted by Gasteiger charge is 2.45. The molecule has 1 aromatic heterocycles. The number of hydrogen-bond acceptors (Lipinski definition) is 3. The minimum atomic E-state index is -4.34. The molecule has 0 saturated carbocycles. The van der Waals surface area contributed by atoms with Crippen LogP contribution in [-0.4, -0.2) is 30.2 Å². The van der Waals surface area contributed by atoms with Crippen LogP contribution in [0.1, 0.15) is 19.1 Å². The van der Waals surface area contributed by atoms with Crippen LogP contribution in [0, 0.1) is 0 Å². The van der Waals surface area contributed by atoms with Crippen molar-refractivity contribution in [2.24, 2.45) is 5.73 Å². The van der Waals surface area contributed by atoms with Crippen LogP contribution in [0.15, 0.2) is 22.8 Å². The smallest absolute Gasteiger partial charge is 0.405 e. The molecular weight excluding hydrogens is 233 g/mol. The van der Waals surface area contributed by atoms with E-state index in [0.29, 0.717) is 5.76 Å². The first-order valence-electron chi connectivity index (χ1n) is 5.41. The summed E-state index contributed by atoms with van der Waals surface area (Å²) in [6, 6.07) is 0.694. The molecule has 0 amide bonds. The van der Waals surface area contributed by atoms with E-state index < -0.39 is 18.3 Å². The minimum absolute atomic E-state index is 0.0882. The number of hydrogen-bond donors (Lipinski definition) is 1. The molecule has 1 rings (SSSR count). The van der Waals surface area contributed by atoms with Crippen LogP contribution in [0.25, 0.3) is 0 Å². The van der Waals surface area contributed by atoms with Crippen LogP contribution in [0.4, 0.5) is 13.2 Å². The first kappa shape index (κ1) is 14.1. The first-order chi connectivity index (χ1) is 7.86. The molecule has 2 N–H and O–H groups in total. The summed E-state index contributed by atoms with van der Waals surface area (Å²) in [7, 11) is 1.40. The normalized spacial score (nSPS) is 16.2. The van der Waals surface area contributed by atoms with E-state index >= 15 is 0 Å². The van der Waals surface area contributed by atoms with E-state index in [1.54, 1.807) is 19.1 Å². The van der Waals surface area contributed by atoms with Gasteiger partial charge in [-0.15, -0.1) is 0 Å². The standard InChI is InChI=1S/C11H17F3N2O/c1-3-9(15)10(11(12,13)14)16(2)7-8-5-4-6-17-8/h4-6,9-10H,3,7,15H2,1-2H3. The van der Waals surface area contributed by atoms with Crippen molar-refractivity contribution >= 4 is 0 Å². The maximum atomic E-state index is 12.9. The van der Waals surface area contributed by atoms with E-state index in [-0.39, 0.29) is 13.0 Å². The zero-order valence-electron chi connectivity index (χ0n) is 9.87. The van der Waals surface area contributed by atoms with Crippen molar-refractivity contribution in [3.05, 3.63) is 24.2 Å². The van der Waals surface area contributed by atoms with Gasteiger partial charge < -0.3 is 10.2 Å². The van der Waals surface area contributed by atoms with Gasteiger partial charge in [-0.2, -0.15) is 13.2 Å². The van der Waals surface area contributed by atoms with E-state index in [1.807, 2.05) is 0 Å². The Labute approximate surface area is 98.4 Å². The summed E-state index contributed by atoms with van der Waals surface area (Å²) in [6.45, 7) is 1.73. The van der Waals surface area contributed by atoms with Gasteiger partial charge in [-0.25, -0.2) is 0 Å². The van der Waals surface area contributed by atoms with Crippen molar-refractivity contribution in [3.8, 4) is 0 Å². The fourth-order valence-electron chi connectivity index (χ4n) is 1.79. The lowest BCUT2D eigenvalue weighted by Crippen LogP contribution is -2.54. The van der Waals surface area contributed by atoms with Crippen molar-refractivity contribution in [2.45, 2.75) is 38.1 Å². The van der Waals surface area contributed by atoms with Crippen molar-refractivity contribution in [3.63, 3.8) is 0 Å². The van der Waals surface area contributed by atoms with Crippen molar-refractivity contribution in [2.75, 3.05) is 7.05 Å². The molecule has 2 unspecified atom stereocenters. The number of nitrogens with zero attached hydrogens (tertiary/aromatic N) is 1. The van der Waals surface area contributed by atoms with E-state index in [2.05, 4.69) is 0 Å². The Kier molecular flexibility index (Phi) is 4.59. The van der Waals surface area contributed by atoms with Crippen LogP contribution in [0.5, 0.6) is 0 Å². The monoisotopic (exact) mass is 250 g/mol. The Morgan fingerprint density at radius 1 is 1.47 bits per heavy atom. The van der Waals surface area contributed by atoms with Gasteiger partial charge in [-0.05, 0) is 25.6 Å². The molecule has 0 aromatic carbocycles. The molecule has 0 saturated heterocycles. The third-order valence-electron chi connectivity index (χ3n) is 2.67. The highest BCUT2D eigenvalue weighted by Crippen LogP contribution is 2.28. The number of alkyl halides is 3. The van der Waals surface area contributed by atoms with Gasteiger partial charge >= 0.3 is 6.18 Å². The molecule has 3 nitrogen and oxygen atoms in total. The van der Waals surface area contributed by atoms with E-state index in [9.17, 15) is 13.2 Å². The second kappa shape index (κ2) is 5.55. The van der Waals surface area contributed by atoms with Gasteiger partial charge in [0.25, 0.3) is 0 Å². The lowest BCUT2D eigenvalue weighted by molar-refractivity contribution is -0.187.